The molecule has 14 heavy (non-hydrogen) atoms. The molecule has 1 unspecified atom stereocenters. The minimum Gasteiger partial charge on any atom is -0.394 e. The van der Waals surface area contributed by atoms with E-state index >= 15 is 0 Å². The van der Waals surface area contributed by atoms with Gasteiger partial charge in [-0.1, -0.05) is 17.7 Å². The molecule has 0 heterocycles. The molecule has 1 aromatic rings. The molecule has 3 nitrogen and oxygen atoms in total. The molecule has 78 valence electrons. The van der Waals surface area contributed by atoms with Gasteiger partial charge < -0.3 is 10.3 Å². The fourth-order valence-electron chi connectivity index (χ4n) is 1.94. The number of nitrogens with one attached hydrogen (secondary N) is 1. The summed E-state index contributed by atoms with van der Waals surface area (Å²) in [5.41, 5.74) is 6.46. The summed E-state index contributed by atoms with van der Waals surface area (Å²) in [6.07, 6.45) is 0. The summed E-state index contributed by atoms with van der Waals surface area (Å²) < 4.78 is 0. The Morgan fingerprint density at radius 1 is 1.21 bits per heavy atom. The Morgan fingerprint density at radius 3 is 2.07 bits per heavy atom. The van der Waals surface area contributed by atoms with Gasteiger partial charge in [0, 0.05) is 0 Å². The number of hydrogen-bond donors (Lipinski definition) is 3. The van der Waals surface area contributed by atoms with Crippen molar-refractivity contribution < 1.29 is 10.3 Å². The summed E-state index contributed by atoms with van der Waals surface area (Å²) in [4.78, 5) is 0. The molecule has 1 aromatic carbocycles. The average Bonchev–Trinajstić information content (AvgIpc) is 2.10. The quantitative estimate of drug-likeness (QED) is 0.642. The van der Waals surface area contributed by atoms with E-state index < -0.39 is 6.04 Å². The zero-order valence-corrected chi connectivity index (χ0v) is 8.83. The molecular formula is C11H17NO2. The van der Waals surface area contributed by atoms with Crippen molar-refractivity contribution in [2.45, 2.75) is 26.8 Å². The first-order chi connectivity index (χ1) is 6.60. The van der Waals surface area contributed by atoms with Crippen molar-refractivity contribution in [3.05, 3.63) is 34.4 Å². The van der Waals surface area contributed by atoms with Gasteiger partial charge in [0.2, 0.25) is 0 Å². The third kappa shape index (κ3) is 2.12. The predicted molar refractivity (Wildman–Crippen MR) is 55.4 cm³/mol. The number of hydrogen-bond acceptors (Lipinski definition) is 3. The van der Waals surface area contributed by atoms with Crippen LogP contribution in [0.1, 0.15) is 28.3 Å². The van der Waals surface area contributed by atoms with Gasteiger partial charge in [-0.3, -0.25) is 0 Å². The van der Waals surface area contributed by atoms with Gasteiger partial charge in [0.15, 0.2) is 0 Å². The summed E-state index contributed by atoms with van der Waals surface area (Å²) in [6.45, 7) is 5.88. The van der Waals surface area contributed by atoms with Crippen molar-refractivity contribution in [2.75, 3.05) is 6.61 Å². The van der Waals surface area contributed by atoms with Crippen LogP contribution in [0, 0.1) is 20.8 Å². The van der Waals surface area contributed by atoms with Gasteiger partial charge in [0.25, 0.3) is 0 Å². The second-order valence-corrected chi connectivity index (χ2v) is 3.68. The second kappa shape index (κ2) is 4.55. The molecule has 0 aliphatic rings. The van der Waals surface area contributed by atoms with Gasteiger partial charge in [-0.05, 0) is 37.5 Å². The highest BCUT2D eigenvalue weighted by molar-refractivity contribution is 5.39. The largest absolute Gasteiger partial charge is 0.394 e. The fourth-order valence-corrected chi connectivity index (χ4v) is 1.94. The van der Waals surface area contributed by atoms with Crippen molar-refractivity contribution in [3.8, 4) is 0 Å². The number of aliphatic hydroxyl groups excluding tert-OH is 1. The summed E-state index contributed by atoms with van der Waals surface area (Å²) in [6, 6.07) is 3.69. The van der Waals surface area contributed by atoms with Crippen LogP contribution in [0.3, 0.4) is 0 Å². The predicted octanol–water partition coefficient (Wildman–Crippen LogP) is 1.62. The molecule has 3 heteroatoms. The van der Waals surface area contributed by atoms with Crippen molar-refractivity contribution in [1.29, 1.82) is 0 Å². The van der Waals surface area contributed by atoms with E-state index in [4.69, 9.17) is 10.3 Å². The van der Waals surface area contributed by atoms with Crippen LogP contribution in [0.4, 0.5) is 0 Å². The molecule has 0 aliphatic carbocycles. The van der Waals surface area contributed by atoms with E-state index in [9.17, 15) is 0 Å². The smallest absolute Gasteiger partial charge is 0.0805 e. The molecule has 0 bridgehead atoms. The lowest BCUT2D eigenvalue weighted by atomic mass is 9.95. The maximum Gasteiger partial charge on any atom is 0.0805 e. The molecule has 0 spiro atoms. The SMILES string of the molecule is Cc1cc(C)c(C(CO)NO)c(C)c1. The average molecular weight is 195 g/mol. The topological polar surface area (TPSA) is 52.5 Å². The lowest BCUT2D eigenvalue weighted by molar-refractivity contribution is 0.0900. The normalized spacial score (nSPS) is 12.9. The monoisotopic (exact) mass is 195 g/mol. The Bertz CT molecular complexity index is 296. The van der Waals surface area contributed by atoms with Crippen molar-refractivity contribution in [3.63, 3.8) is 0 Å². The summed E-state index contributed by atoms with van der Waals surface area (Å²) in [7, 11) is 0. The van der Waals surface area contributed by atoms with Crippen molar-refractivity contribution in [1.82, 2.24) is 5.48 Å². The number of benzene rings is 1. The van der Waals surface area contributed by atoms with E-state index in [1.165, 1.54) is 5.56 Å². The van der Waals surface area contributed by atoms with Crippen LogP contribution in [0.5, 0.6) is 0 Å². The Kier molecular flexibility index (Phi) is 3.63. The van der Waals surface area contributed by atoms with E-state index in [1.807, 2.05) is 32.9 Å². The van der Waals surface area contributed by atoms with Crippen LogP contribution >= 0.6 is 0 Å². The Hall–Kier alpha value is -0.900. The zero-order chi connectivity index (χ0) is 10.7. The molecule has 0 saturated carbocycles. The van der Waals surface area contributed by atoms with Crippen molar-refractivity contribution >= 4 is 0 Å². The number of aryl methyl sites for hydroxylation is 3. The third-order valence-electron chi connectivity index (χ3n) is 2.42. The first kappa shape index (κ1) is 11.2. The van der Waals surface area contributed by atoms with Crippen LogP contribution in [-0.4, -0.2) is 16.9 Å². The van der Waals surface area contributed by atoms with Gasteiger partial charge in [0.1, 0.15) is 0 Å². The molecule has 0 aromatic heterocycles. The first-order valence-corrected chi connectivity index (χ1v) is 4.68. The number of rotatable bonds is 3. The van der Waals surface area contributed by atoms with Crippen molar-refractivity contribution in [2.24, 2.45) is 0 Å². The van der Waals surface area contributed by atoms with Crippen LogP contribution < -0.4 is 5.48 Å². The maximum atomic E-state index is 9.08. The lowest BCUT2D eigenvalue weighted by Gasteiger charge is -2.18. The van der Waals surface area contributed by atoms with E-state index in [0.717, 1.165) is 16.7 Å². The molecule has 1 atom stereocenters. The minimum atomic E-state index is -0.393. The Balaban J connectivity index is 3.19. The minimum absolute atomic E-state index is 0.110. The zero-order valence-electron chi connectivity index (χ0n) is 8.83. The lowest BCUT2D eigenvalue weighted by Crippen LogP contribution is -2.22. The van der Waals surface area contributed by atoms with Crippen LogP contribution in [0.15, 0.2) is 12.1 Å². The van der Waals surface area contributed by atoms with E-state index in [2.05, 4.69) is 5.48 Å². The van der Waals surface area contributed by atoms with E-state index in [0.29, 0.717) is 0 Å². The fraction of sp³-hybridized carbons (Fsp3) is 0.455. The highest BCUT2D eigenvalue weighted by Gasteiger charge is 2.14. The van der Waals surface area contributed by atoms with Gasteiger partial charge in [-0.2, -0.15) is 5.48 Å². The van der Waals surface area contributed by atoms with Gasteiger partial charge >= 0.3 is 0 Å². The number of aliphatic hydroxyl groups is 1. The molecule has 0 radical (unpaired) electrons. The molecule has 0 saturated heterocycles. The highest BCUT2D eigenvalue weighted by Crippen LogP contribution is 2.22. The van der Waals surface area contributed by atoms with Crippen LogP contribution in [0.2, 0.25) is 0 Å². The highest BCUT2D eigenvalue weighted by atomic mass is 16.5. The summed E-state index contributed by atoms with van der Waals surface area (Å²) in [5.74, 6) is 0. The van der Waals surface area contributed by atoms with Gasteiger partial charge in [-0.25, -0.2) is 0 Å². The summed E-state index contributed by atoms with van der Waals surface area (Å²) in [5, 5.41) is 18.0. The number of hydroxylamine groups is 1. The van der Waals surface area contributed by atoms with Gasteiger partial charge in [0.05, 0.1) is 12.6 Å². The van der Waals surface area contributed by atoms with Gasteiger partial charge in [-0.15, -0.1) is 0 Å². The Morgan fingerprint density at radius 2 is 1.71 bits per heavy atom. The molecule has 0 aliphatic heterocycles. The molecule has 1 rings (SSSR count). The van der Waals surface area contributed by atoms with E-state index in [1.54, 1.807) is 0 Å². The first-order valence-electron chi connectivity index (χ1n) is 4.68. The molecule has 0 fully saturated rings. The second-order valence-electron chi connectivity index (χ2n) is 3.68. The standard InChI is InChI=1S/C11H17NO2/c1-7-4-8(2)11(9(3)5-7)10(6-13)12-14/h4-5,10,12-14H,6H2,1-3H3. The van der Waals surface area contributed by atoms with Crippen LogP contribution in [-0.2, 0) is 0 Å². The molecule has 3 N–H and O–H groups in total. The summed E-state index contributed by atoms with van der Waals surface area (Å²) >= 11 is 0. The molecule has 0 amide bonds. The molecular weight excluding hydrogens is 178 g/mol. The van der Waals surface area contributed by atoms with E-state index in [-0.39, 0.29) is 6.61 Å². The maximum absolute atomic E-state index is 9.08. The third-order valence-corrected chi connectivity index (χ3v) is 2.42. The van der Waals surface area contributed by atoms with Crippen LogP contribution in [0.25, 0.3) is 0 Å². The Labute approximate surface area is 84.3 Å².